The van der Waals surface area contributed by atoms with Crippen molar-refractivity contribution in [2.45, 2.75) is 28.6 Å². The van der Waals surface area contributed by atoms with Gasteiger partial charge >= 0.3 is 18.3 Å². The lowest BCUT2D eigenvalue weighted by molar-refractivity contribution is -0.140. The molecule has 0 saturated heterocycles. The van der Waals surface area contributed by atoms with Crippen LogP contribution in [0.1, 0.15) is 17.5 Å². The minimum absolute atomic E-state index is 0.0456. The van der Waals surface area contributed by atoms with Crippen molar-refractivity contribution in [1.29, 1.82) is 0 Å². The summed E-state index contributed by atoms with van der Waals surface area (Å²) in [5.74, 6) is -0.542. The van der Waals surface area contributed by atoms with Crippen LogP contribution < -0.4 is 4.90 Å². The van der Waals surface area contributed by atoms with Crippen LogP contribution in [-0.4, -0.2) is 19.6 Å². The molecule has 1 aliphatic heterocycles. The van der Waals surface area contributed by atoms with Gasteiger partial charge in [-0.05, 0) is 36.4 Å². The van der Waals surface area contributed by atoms with Crippen molar-refractivity contribution in [3.05, 3.63) is 47.5 Å². The van der Waals surface area contributed by atoms with Gasteiger partial charge in [0.05, 0.1) is 36.0 Å². The van der Waals surface area contributed by atoms with Crippen molar-refractivity contribution in [1.82, 2.24) is 0 Å². The highest BCUT2D eigenvalue weighted by Crippen LogP contribution is 2.50. The molecule has 0 aromatic heterocycles. The van der Waals surface area contributed by atoms with Crippen LogP contribution in [0, 0.1) is 0 Å². The molecule has 0 N–H and O–H groups in total. The summed E-state index contributed by atoms with van der Waals surface area (Å²) < 4.78 is 82.8. The minimum atomic E-state index is -4.58. The lowest BCUT2D eigenvalue weighted by Gasteiger charge is -2.33. The second-order valence-electron chi connectivity index (χ2n) is 5.94. The van der Waals surface area contributed by atoms with E-state index in [0.717, 1.165) is 36.0 Å². The Balaban J connectivity index is 2.07. The maximum Gasteiger partial charge on any atom is 0.416 e. The van der Waals surface area contributed by atoms with Crippen LogP contribution in [0.2, 0.25) is 0 Å². The number of carbonyl (C=O) groups is 1. The standard InChI is InChI=1S/C18H13F6NO2S/c1-27-16(26)6-7-25-12-4-2-10(17(19,20)21)8-14(12)28-15-9-11(18(22,23)24)3-5-13(15)25/h2-5,8-9H,6-7H2,1H3. The molecule has 28 heavy (non-hydrogen) atoms. The zero-order valence-corrected chi connectivity index (χ0v) is 15.1. The SMILES string of the molecule is COC(=O)CCN1c2ccc(C(F)(F)F)cc2Sc2cc(C(F)(F)F)ccc21. The molecule has 0 aliphatic carbocycles. The number of fused-ring (bicyclic) bond motifs is 2. The average molecular weight is 421 g/mol. The van der Waals surface area contributed by atoms with E-state index in [0.29, 0.717) is 11.4 Å². The molecule has 10 heteroatoms. The molecule has 0 atom stereocenters. The Labute approximate surface area is 160 Å². The number of hydrogen-bond acceptors (Lipinski definition) is 4. The van der Waals surface area contributed by atoms with Crippen molar-refractivity contribution >= 4 is 29.1 Å². The summed E-state index contributed by atoms with van der Waals surface area (Å²) in [5, 5.41) is 0. The first-order valence-corrected chi connectivity index (χ1v) is 8.77. The number of rotatable bonds is 3. The summed E-state index contributed by atoms with van der Waals surface area (Å²) in [6.07, 6.45) is -9.25. The van der Waals surface area contributed by atoms with Crippen molar-refractivity contribution < 1.29 is 35.9 Å². The Morgan fingerprint density at radius 2 is 1.39 bits per heavy atom. The van der Waals surface area contributed by atoms with E-state index in [1.807, 2.05) is 0 Å². The summed E-state index contributed by atoms with van der Waals surface area (Å²) in [7, 11) is 1.20. The zero-order chi connectivity index (χ0) is 20.7. The fraction of sp³-hybridized carbons (Fsp3) is 0.278. The Morgan fingerprint density at radius 3 is 1.79 bits per heavy atom. The third-order valence-electron chi connectivity index (χ3n) is 4.14. The van der Waals surface area contributed by atoms with Crippen LogP contribution in [0.15, 0.2) is 46.2 Å². The first-order chi connectivity index (χ1) is 13.0. The molecule has 0 radical (unpaired) electrons. The normalized spacial score (nSPS) is 13.8. The summed E-state index contributed by atoms with van der Waals surface area (Å²) >= 11 is 0.829. The molecule has 0 bridgehead atoms. The number of nitrogens with zero attached hydrogens (tertiary/aromatic N) is 1. The van der Waals surface area contributed by atoms with Crippen LogP contribution in [0.4, 0.5) is 37.7 Å². The monoisotopic (exact) mass is 421 g/mol. The van der Waals surface area contributed by atoms with Gasteiger partial charge in [-0.15, -0.1) is 0 Å². The number of halogens is 6. The molecule has 1 heterocycles. The van der Waals surface area contributed by atoms with Gasteiger partial charge in [-0.25, -0.2) is 0 Å². The van der Waals surface area contributed by atoms with Gasteiger partial charge in [0, 0.05) is 16.3 Å². The molecular weight excluding hydrogens is 408 g/mol. The second kappa shape index (κ2) is 7.23. The van der Waals surface area contributed by atoms with E-state index < -0.39 is 29.4 Å². The largest absolute Gasteiger partial charge is 0.469 e. The quantitative estimate of drug-likeness (QED) is 0.457. The van der Waals surface area contributed by atoms with Crippen molar-refractivity contribution in [3.8, 4) is 0 Å². The number of methoxy groups -OCH3 is 1. The zero-order valence-electron chi connectivity index (χ0n) is 14.3. The van der Waals surface area contributed by atoms with Crippen molar-refractivity contribution in [3.63, 3.8) is 0 Å². The number of carbonyl (C=O) groups excluding carboxylic acids is 1. The van der Waals surface area contributed by atoms with Crippen molar-refractivity contribution in [2.24, 2.45) is 0 Å². The molecule has 0 amide bonds. The minimum Gasteiger partial charge on any atom is -0.469 e. The molecule has 0 saturated carbocycles. The summed E-state index contributed by atoms with van der Waals surface area (Å²) in [4.78, 5) is 13.3. The van der Waals surface area contributed by atoms with Gasteiger partial charge in [0.15, 0.2) is 0 Å². The predicted octanol–water partition coefficient (Wildman–Crippen LogP) is 5.89. The van der Waals surface area contributed by atoms with Crippen LogP contribution in [0.25, 0.3) is 0 Å². The van der Waals surface area contributed by atoms with Gasteiger partial charge in [-0.3, -0.25) is 4.79 Å². The molecule has 1 aliphatic rings. The second-order valence-corrected chi connectivity index (χ2v) is 7.02. The fourth-order valence-electron chi connectivity index (χ4n) is 2.78. The smallest absolute Gasteiger partial charge is 0.416 e. The van der Waals surface area contributed by atoms with Gasteiger partial charge in [0.1, 0.15) is 0 Å². The van der Waals surface area contributed by atoms with Crippen molar-refractivity contribution in [2.75, 3.05) is 18.6 Å². The number of alkyl halides is 6. The molecule has 3 nitrogen and oxygen atoms in total. The molecule has 0 spiro atoms. The fourth-order valence-corrected chi connectivity index (χ4v) is 3.96. The summed E-state index contributed by atoms with van der Waals surface area (Å²) in [6, 6.07) is 6.11. The molecule has 2 aromatic rings. The van der Waals surface area contributed by atoms with E-state index in [1.54, 1.807) is 0 Å². The van der Waals surface area contributed by atoms with Gasteiger partial charge in [-0.2, -0.15) is 26.3 Å². The van der Waals surface area contributed by atoms with Crippen LogP contribution in [0.5, 0.6) is 0 Å². The summed E-state index contributed by atoms with van der Waals surface area (Å²) in [6.45, 7) is 0.0456. The molecule has 150 valence electrons. The summed E-state index contributed by atoms with van der Waals surface area (Å²) in [5.41, 5.74) is -1.03. The maximum atomic E-state index is 13.0. The van der Waals surface area contributed by atoms with Gasteiger partial charge in [-0.1, -0.05) is 11.8 Å². The number of esters is 1. The number of benzene rings is 2. The molecular formula is C18H13F6NO2S. The predicted molar refractivity (Wildman–Crippen MR) is 90.7 cm³/mol. The number of anilines is 2. The van der Waals surface area contributed by atoms with E-state index in [1.165, 1.54) is 24.1 Å². The van der Waals surface area contributed by atoms with E-state index >= 15 is 0 Å². The maximum absolute atomic E-state index is 13.0. The Kier molecular flexibility index (Phi) is 5.26. The van der Waals surface area contributed by atoms with Gasteiger partial charge in [0.25, 0.3) is 0 Å². The number of ether oxygens (including phenoxy) is 1. The van der Waals surface area contributed by atoms with Crippen LogP contribution in [0.3, 0.4) is 0 Å². The highest BCUT2D eigenvalue weighted by Gasteiger charge is 2.35. The average Bonchev–Trinajstić information content (AvgIpc) is 2.62. The lowest BCUT2D eigenvalue weighted by Crippen LogP contribution is -2.25. The third kappa shape index (κ3) is 4.06. The first-order valence-electron chi connectivity index (χ1n) is 7.95. The van der Waals surface area contributed by atoms with E-state index in [2.05, 4.69) is 4.74 Å². The van der Waals surface area contributed by atoms with Gasteiger partial charge in [0.2, 0.25) is 0 Å². The topological polar surface area (TPSA) is 29.5 Å². The van der Waals surface area contributed by atoms with Crippen LogP contribution in [-0.2, 0) is 21.9 Å². The van der Waals surface area contributed by atoms with E-state index in [9.17, 15) is 31.1 Å². The van der Waals surface area contributed by atoms with Crippen LogP contribution >= 0.6 is 11.8 Å². The molecule has 3 rings (SSSR count). The first kappa shape index (κ1) is 20.4. The molecule has 0 unspecified atom stereocenters. The molecule has 0 fully saturated rings. The van der Waals surface area contributed by atoms with E-state index in [-0.39, 0.29) is 22.8 Å². The van der Waals surface area contributed by atoms with Gasteiger partial charge < -0.3 is 9.64 Å². The lowest BCUT2D eigenvalue weighted by atomic mass is 10.1. The highest BCUT2D eigenvalue weighted by molar-refractivity contribution is 7.99. The third-order valence-corrected chi connectivity index (χ3v) is 5.24. The number of hydrogen-bond donors (Lipinski definition) is 0. The Morgan fingerprint density at radius 1 is 0.929 bits per heavy atom. The molecule has 2 aromatic carbocycles. The van der Waals surface area contributed by atoms with E-state index in [4.69, 9.17) is 0 Å². The Bertz CT molecular complexity index is 846. The Hall–Kier alpha value is -2.36. The highest BCUT2D eigenvalue weighted by atomic mass is 32.2.